The lowest BCUT2D eigenvalue weighted by Gasteiger charge is -2.25. The van der Waals surface area contributed by atoms with Gasteiger partial charge in [0.1, 0.15) is 0 Å². The van der Waals surface area contributed by atoms with Crippen molar-refractivity contribution in [2.75, 3.05) is 36.0 Å². The molecule has 0 aliphatic carbocycles. The summed E-state index contributed by atoms with van der Waals surface area (Å²) in [5.41, 5.74) is 1.13. The Kier molecular flexibility index (Phi) is 5.14. The van der Waals surface area contributed by atoms with E-state index in [2.05, 4.69) is 29.0 Å². The summed E-state index contributed by atoms with van der Waals surface area (Å²) in [5, 5.41) is 4.51. The van der Waals surface area contributed by atoms with Gasteiger partial charge in [-0.1, -0.05) is 6.92 Å². The lowest BCUT2D eigenvalue weighted by Crippen LogP contribution is -2.37. The predicted octanol–water partition coefficient (Wildman–Crippen LogP) is 1.52. The van der Waals surface area contributed by atoms with E-state index in [4.69, 9.17) is 0 Å². The smallest absolute Gasteiger partial charge is 0.185 e. The molecule has 4 nitrogen and oxygen atoms in total. The van der Waals surface area contributed by atoms with Crippen LogP contribution in [0.3, 0.4) is 0 Å². The molecule has 6 heteroatoms. The lowest BCUT2D eigenvalue weighted by atomic mass is 10.4. The van der Waals surface area contributed by atoms with Crippen molar-refractivity contribution in [1.29, 1.82) is 0 Å². The summed E-state index contributed by atoms with van der Waals surface area (Å²) in [6.07, 6.45) is 1.16. The van der Waals surface area contributed by atoms with E-state index in [-0.39, 0.29) is 0 Å². The van der Waals surface area contributed by atoms with E-state index in [1.807, 2.05) is 0 Å². The van der Waals surface area contributed by atoms with Crippen LogP contribution in [0.2, 0.25) is 0 Å². The van der Waals surface area contributed by atoms with Crippen LogP contribution in [-0.2, 0) is 17.3 Å². The molecule has 0 atom stereocenters. The first-order valence-electron chi connectivity index (χ1n) is 6.47. The van der Waals surface area contributed by atoms with Crippen molar-refractivity contribution < 1.29 is 4.21 Å². The van der Waals surface area contributed by atoms with Gasteiger partial charge in [-0.15, -0.1) is 11.3 Å². The van der Waals surface area contributed by atoms with E-state index in [9.17, 15) is 4.21 Å². The first kappa shape index (κ1) is 14.0. The Balaban J connectivity index is 1.97. The summed E-state index contributed by atoms with van der Waals surface area (Å²) < 4.78 is 11.3. The highest BCUT2D eigenvalue weighted by Crippen LogP contribution is 2.26. The van der Waals surface area contributed by atoms with Gasteiger partial charge < -0.3 is 10.2 Å². The van der Waals surface area contributed by atoms with Crippen LogP contribution < -0.4 is 10.2 Å². The topological polar surface area (TPSA) is 45.2 Å². The zero-order chi connectivity index (χ0) is 13.0. The third-order valence-electron chi connectivity index (χ3n) is 3.04. The van der Waals surface area contributed by atoms with E-state index in [0.717, 1.165) is 54.9 Å². The second kappa shape index (κ2) is 6.63. The summed E-state index contributed by atoms with van der Waals surface area (Å²) in [5.74, 6) is 1.56. The highest BCUT2D eigenvalue weighted by atomic mass is 32.2. The number of nitrogens with one attached hydrogen (secondary N) is 1. The normalized spacial score (nSPS) is 17.3. The van der Waals surface area contributed by atoms with Gasteiger partial charge in [0.05, 0.1) is 5.69 Å². The van der Waals surface area contributed by atoms with Crippen molar-refractivity contribution >= 4 is 27.3 Å². The number of nitrogens with zero attached hydrogens (tertiary/aromatic N) is 2. The van der Waals surface area contributed by atoms with Crippen LogP contribution in [0.4, 0.5) is 5.13 Å². The van der Waals surface area contributed by atoms with Crippen molar-refractivity contribution in [1.82, 2.24) is 10.3 Å². The molecule has 0 bridgehead atoms. The molecule has 1 aliphatic rings. The maximum atomic E-state index is 11.3. The molecule has 2 rings (SSSR count). The Morgan fingerprint density at radius 3 is 2.83 bits per heavy atom. The molecule has 0 amide bonds. The summed E-state index contributed by atoms with van der Waals surface area (Å²) in [6, 6.07) is 0. The molecule has 1 saturated heterocycles. The standard InChI is InChI=1S/C12H21N3OS2/c1-3-4-13-9-11-10(2)14-12(17-11)15-5-7-18(16)8-6-15/h13H,3-9H2,1-2H3. The van der Waals surface area contributed by atoms with E-state index in [0.29, 0.717) is 0 Å². The average Bonchev–Trinajstić information content (AvgIpc) is 2.72. The highest BCUT2D eigenvalue weighted by molar-refractivity contribution is 7.85. The molecule has 0 saturated carbocycles. The lowest BCUT2D eigenvalue weighted by molar-refractivity contribution is 0.673. The van der Waals surface area contributed by atoms with Crippen molar-refractivity contribution in [3.63, 3.8) is 0 Å². The molecular weight excluding hydrogens is 266 g/mol. The van der Waals surface area contributed by atoms with Crippen LogP contribution in [0, 0.1) is 6.92 Å². The molecule has 0 radical (unpaired) electrons. The minimum atomic E-state index is -0.616. The van der Waals surface area contributed by atoms with E-state index >= 15 is 0 Å². The Labute approximate surface area is 115 Å². The first-order chi connectivity index (χ1) is 8.70. The van der Waals surface area contributed by atoms with Gasteiger partial charge in [0, 0.05) is 46.8 Å². The van der Waals surface area contributed by atoms with Crippen molar-refractivity contribution in [2.45, 2.75) is 26.8 Å². The molecular formula is C12H21N3OS2. The summed E-state index contributed by atoms with van der Waals surface area (Å²) in [7, 11) is -0.616. The monoisotopic (exact) mass is 287 g/mol. The third kappa shape index (κ3) is 3.52. The predicted molar refractivity (Wildman–Crippen MR) is 78.9 cm³/mol. The van der Waals surface area contributed by atoms with Crippen LogP contribution in [0.25, 0.3) is 0 Å². The third-order valence-corrected chi connectivity index (χ3v) is 5.54. The van der Waals surface area contributed by atoms with Crippen LogP contribution in [0.5, 0.6) is 0 Å². The summed E-state index contributed by atoms with van der Waals surface area (Å²) >= 11 is 1.77. The van der Waals surface area contributed by atoms with E-state index in [1.165, 1.54) is 4.88 Å². The van der Waals surface area contributed by atoms with Gasteiger partial charge in [-0.2, -0.15) is 0 Å². The quantitative estimate of drug-likeness (QED) is 0.834. The average molecular weight is 287 g/mol. The van der Waals surface area contributed by atoms with Crippen molar-refractivity contribution in [2.24, 2.45) is 0 Å². The van der Waals surface area contributed by atoms with Gasteiger partial charge in [-0.3, -0.25) is 4.21 Å². The maximum absolute atomic E-state index is 11.3. The molecule has 0 unspecified atom stereocenters. The molecule has 1 aliphatic heterocycles. The molecule has 102 valence electrons. The fourth-order valence-electron chi connectivity index (χ4n) is 1.92. The largest absolute Gasteiger partial charge is 0.346 e. The van der Waals surface area contributed by atoms with Gasteiger partial charge in [0.25, 0.3) is 0 Å². The Hall–Kier alpha value is -0.460. The van der Waals surface area contributed by atoms with Crippen LogP contribution in [-0.4, -0.2) is 40.3 Å². The van der Waals surface area contributed by atoms with E-state index < -0.39 is 10.8 Å². The van der Waals surface area contributed by atoms with Crippen LogP contribution in [0.15, 0.2) is 0 Å². The number of hydrogen-bond donors (Lipinski definition) is 1. The molecule has 0 spiro atoms. The van der Waals surface area contributed by atoms with Crippen LogP contribution in [0.1, 0.15) is 23.9 Å². The molecule has 2 heterocycles. The van der Waals surface area contributed by atoms with Crippen molar-refractivity contribution in [3.05, 3.63) is 10.6 Å². The Bertz CT molecular complexity index is 409. The number of hydrogen-bond acceptors (Lipinski definition) is 5. The minimum absolute atomic E-state index is 0.616. The van der Waals surface area contributed by atoms with Gasteiger partial charge in [-0.05, 0) is 19.9 Å². The number of rotatable bonds is 5. The number of aryl methyl sites for hydroxylation is 1. The Morgan fingerprint density at radius 2 is 2.17 bits per heavy atom. The number of aromatic nitrogens is 1. The fourth-order valence-corrected chi connectivity index (χ4v) is 4.05. The number of thiazole rings is 1. The first-order valence-corrected chi connectivity index (χ1v) is 8.78. The fraction of sp³-hybridized carbons (Fsp3) is 0.750. The second-order valence-electron chi connectivity index (χ2n) is 4.52. The SMILES string of the molecule is CCCNCc1sc(N2CCS(=O)CC2)nc1C. The van der Waals surface area contributed by atoms with Gasteiger partial charge in [-0.25, -0.2) is 4.98 Å². The second-order valence-corrected chi connectivity index (χ2v) is 7.28. The molecule has 1 aromatic rings. The molecule has 1 fully saturated rings. The van der Waals surface area contributed by atoms with Crippen molar-refractivity contribution in [3.8, 4) is 0 Å². The molecule has 1 N–H and O–H groups in total. The van der Waals surface area contributed by atoms with Gasteiger partial charge in [0.15, 0.2) is 5.13 Å². The molecule has 1 aromatic heterocycles. The minimum Gasteiger partial charge on any atom is -0.346 e. The molecule has 0 aromatic carbocycles. The zero-order valence-corrected chi connectivity index (χ0v) is 12.7. The maximum Gasteiger partial charge on any atom is 0.185 e. The number of anilines is 1. The Morgan fingerprint density at radius 1 is 1.44 bits per heavy atom. The molecule has 18 heavy (non-hydrogen) atoms. The van der Waals surface area contributed by atoms with Gasteiger partial charge >= 0.3 is 0 Å². The van der Waals surface area contributed by atoms with Gasteiger partial charge in [0.2, 0.25) is 0 Å². The summed E-state index contributed by atoms with van der Waals surface area (Å²) in [6.45, 7) is 7.96. The highest BCUT2D eigenvalue weighted by Gasteiger charge is 2.19. The van der Waals surface area contributed by atoms with Crippen LogP contribution >= 0.6 is 11.3 Å². The van der Waals surface area contributed by atoms with E-state index in [1.54, 1.807) is 11.3 Å². The summed E-state index contributed by atoms with van der Waals surface area (Å²) in [4.78, 5) is 8.23. The zero-order valence-electron chi connectivity index (χ0n) is 11.1.